The maximum Gasteiger partial charge on any atom is 0.260 e. The Hall–Kier alpha value is -2.89. The van der Waals surface area contributed by atoms with E-state index in [4.69, 9.17) is 10.3 Å². The van der Waals surface area contributed by atoms with Crippen molar-refractivity contribution in [2.75, 3.05) is 5.73 Å². The highest BCUT2D eigenvalue weighted by atomic mass is 16.5. The zero-order chi connectivity index (χ0) is 15.0. The van der Waals surface area contributed by atoms with Crippen molar-refractivity contribution < 1.29 is 9.63 Å². The van der Waals surface area contributed by atoms with Crippen molar-refractivity contribution in [3.05, 3.63) is 41.7 Å². The van der Waals surface area contributed by atoms with E-state index >= 15 is 0 Å². The topological polar surface area (TPSA) is 98.1 Å². The summed E-state index contributed by atoms with van der Waals surface area (Å²) in [6, 6.07) is 5.35. The molecule has 3 rings (SSSR count). The third-order valence-electron chi connectivity index (χ3n) is 3.26. The lowest BCUT2D eigenvalue weighted by Crippen LogP contribution is -1.91. The molecule has 3 N–H and O–H groups in total. The second-order valence-electron chi connectivity index (χ2n) is 4.84. The summed E-state index contributed by atoms with van der Waals surface area (Å²) in [5, 5.41) is 13.8. The van der Waals surface area contributed by atoms with Gasteiger partial charge in [-0.05, 0) is 43.2 Å². The molecule has 0 amide bonds. The fourth-order valence-corrected chi connectivity index (χ4v) is 2.14. The van der Waals surface area contributed by atoms with Crippen LogP contribution in [0.4, 0.5) is 5.69 Å². The number of hydrogen-bond acceptors (Lipinski definition) is 6. The van der Waals surface area contributed by atoms with Crippen LogP contribution in [-0.2, 0) is 0 Å². The number of nitrogens with two attached hydrogens (primary N) is 1. The summed E-state index contributed by atoms with van der Waals surface area (Å²) < 4.78 is 5.26. The summed E-state index contributed by atoms with van der Waals surface area (Å²) in [4.78, 5) is 8.28. The molecule has 0 aliphatic carbocycles. The van der Waals surface area contributed by atoms with E-state index in [0.717, 1.165) is 16.7 Å². The van der Waals surface area contributed by atoms with Gasteiger partial charge < -0.3 is 15.4 Å². The molecule has 0 radical (unpaired) electrons. The second kappa shape index (κ2) is 4.90. The lowest BCUT2D eigenvalue weighted by Gasteiger charge is -2.04. The molecule has 106 valence electrons. The molecule has 6 nitrogen and oxygen atoms in total. The first-order chi connectivity index (χ1) is 10.1. The van der Waals surface area contributed by atoms with Crippen LogP contribution in [0.25, 0.3) is 22.8 Å². The van der Waals surface area contributed by atoms with Gasteiger partial charge >= 0.3 is 0 Å². The second-order valence-corrected chi connectivity index (χ2v) is 4.84. The summed E-state index contributed by atoms with van der Waals surface area (Å²) in [7, 11) is 0. The fourth-order valence-electron chi connectivity index (χ4n) is 2.14. The third kappa shape index (κ3) is 2.31. The molecule has 0 saturated heterocycles. The van der Waals surface area contributed by atoms with Crippen molar-refractivity contribution in [1.82, 2.24) is 15.1 Å². The highest BCUT2D eigenvalue weighted by Gasteiger charge is 2.14. The molecule has 0 atom stereocenters. The first kappa shape index (κ1) is 13.1. The maximum absolute atomic E-state index is 9.81. The average Bonchev–Trinajstić information content (AvgIpc) is 2.94. The number of benzene rings is 1. The van der Waals surface area contributed by atoms with Gasteiger partial charge in [0.1, 0.15) is 5.75 Å². The predicted molar refractivity (Wildman–Crippen MR) is 78.5 cm³/mol. The van der Waals surface area contributed by atoms with E-state index in [1.165, 1.54) is 6.20 Å². The number of rotatable bonds is 2. The number of nitrogens with zero attached hydrogens (tertiary/aromatic N) is 3. The standard InChI is InChI=1S/C15H14N4O2/c1-8-5-10(6-9(2)13(8)20)14-18-15(21-19-14)11-3-4-17-7-12(11)16/h3-7,20H,16H2,1-2H3. The van der Waals surface area contributed by atoms with E-state index < -0.39 is 0 Å². The minimum Gasteiger partial charge on any atom is -0.507 e. The number of aromatic hydroxyl groups is 1. The van der Waals surface area contributed by atoms with E-state index in [1.807, 2.05) is 26.0 Å². The van der Waals surface area contributed by atoms with Crippen molar-refractivity contribution in [2.45, 2.75) is 13.8 Å². The molecule has 21 heavy (non-hydrogen) atoms. The molecule has 0 spiro atoms. The molecule has 0 bridgehead atoms. The van der Waals surface area contributed by atoms with Gasteiger partial charge in [-0.2, -0.15) is 4.98 Å². The average molecular weight is 282 g/mol. The molecule has 0 fully saturated rings. The summed E-state index contributed by atoms with van der Waals surface area (Å²) in [6.07, 6.45) is 3.15. The van der Waals surface area contributed by atoms with Gasteiger partial charge in [-0.3, -0.25) is 4.98 Å². The number of phenols is 1. The zero-order valence-corrected chi connectivity index (χ0v) is 11.7. The van der Waals surface area contributed by atoms with Crippen molar-refractivity contribution in [2.24, 2.45) is 0 Å². The van der Waals surface area contributed by atoms with Gasteiger partial charge in [-0.15, -0.1) is 0 Å². The van der Waals surface area contributed by atoms with Crippen LogP contribution in [0, 0.1) is 13.8 Å². The molecule has 0 aliphatic rings. The highest BCUT2D eigenvalue weighted by molar-refractivity contribution is 5.70. The van der Waals surface area contributed by atoms with Crippen LogP contribution >= 0.6 is 0 Å². The van der Waals surface area contributed by atoms with E-state index in [0.29, 0.717) is 23.0 Å². The molecule has 0 aliphatic heterocycles. The van der Waals surface area contributed by atoms with Crippen molar-refractivity contribution >= 4 is 5.69 Å². The molecule has 0 unspecified atom stereocenters. The Balaban J connectivity index is 2.05. The van der Waals surface area contributed by atoms with E-state index in [-0.39, 0.29) is 5.75 Å². The van der Waals surface area contributed by atoms with Gasteiger partial charge in [-0.25, -0.2) is 0 Å². The molecule has 1 aromatic carbocycles. The van der Waals surface area contributed by atoms with Crippen LogP contribution in [0.5, 0.6) is 5.75 Å². The van der Waals surface area contributed by atoms with Gasteiger partial charge in [0.2, 0.25) is 5.82 Å². The molecule has 2 heterocycles. The molecule has 3 aromatic rings. The van der Waals surface area contributed by atoms with Gasteiger partial charge in [0.05, 0.1) is 17.4 Å². The fraction of sp³-hybridized carbons (Fsp3) is 0.133. The lowest BCUT2D eigenvalue weighted by atomic mass is 10.1. The minimum atomic E-state index is 0.279. The molecular weight excluding hydrogens is 268 g/mol. The SMILES string of the molecule is Cc1cc(-c2noc(-c3ccncc3N)n2)cc(C)c1O. The van der Waals surface area contributed by atoms with Crippen molar-refractivity contribution in [3.8, 4) is 28.6 Å². The number of anilines is 1. The van der Waals surface area contributed by atoms with Gasteiger partial charge in [-0.1, -0.05) is 5.16 Å². The number of nitrogen functional groups attached to an aromatic ring is 1. The normalized spacial score (nSPS) is 10.8. The van der Waals surface area contributed by atoms with Crippen LogP contribution in [0.2, 0.25) is 0 Å². The highest BCUT2D eigenvalue weighted by Crippen LogP contribution is 2.30. The Morgan fingerprint density at radius 2 is 1.90 bits per heavy atom. The van der Waals surface area contributed by atoms with Crippen molar-refractivity contribution in [1.29, 1.82) is 0 Å². The van der Waals surface area contributed by atoms with Gasteiger partial charge in [0.25, 0.3) is 5.89 Å². The zero-order valence-electron chi connectivity index (χ0n) is 11.7. The van der Waals surface area contributed by atoms with Gasteiger partial charge in [0, 0.05) is 11.8 Å². The van der Waals surface area contributed by atoms with Crippen LogP contribution in [0.1, 0.15) is 11.1 Å². The van der Waals surface area contributed by atoms with Crippen LogP contribution in [-0.4, -0.2) is 20.2 Å². The smallest absolute Gasteiger partial charge is 0.260 e. The quantitative estimate of drug-likeness (QED) is 0.750. The number of hydrogen-bond donors (Lipinski definition) is 2. The van der Waals surface area contributed by atoms with Crippen LogP contribution < -0.4 is 5.73 Å². The Morgan fingerprint density at radius 3 is 2.57 bits per heavy atom. The van der Waals surface area contributed by atoms with Crippen LogP contribution in [0.15, 0.2) is 35.1 Å². The Labute approximate surface area is 121 Å². The van der Waals surface area contributed by atoms with Crippen molar-refractivity contribution in [3.63, 3.8) is 0 Å². The predicted octanol–water partition coefficient (Wildman–Crippen LogP) is 2.70. The first-order valence-corrected chi connectivity index (χ1v) is 6.40. The first-order valence-electron chi connectivity index (χ1n) is 6.40. The largest absolute Gasteiger partial charge is 0.507 e. The van der Waals surface area contributed by atoms with Gasteiger partial charge in [0.15, 0.2) is 0 Å². The monoisotopic (exact) mass is 282 g/mol. The number of phenolic OH excluding ortho intramolecular Hbond substituents is 1. The number of aryl methyl sites for hydroxylation is 2. The molecule has 6 heteroatoms. The number of pyridine rings is 1. The van der Waals surface area contributed by atoms with E-state index in [1.54, 1.807) is 12.3 Å². The Bertz CT molecular complexity index is 788. The Kier molecular flexibility index (Phi) is 3.06. The lowest BCUT2D eigenvalue weighted by molar-refractivity contribution is 0.432. The summed E-state index contributed by atoms with van der Waals surface area (Å²) >= 11 is 0. The molecular formula is C15H14N4O2. The van der Waals surface area contributed by atoms with Crippen LogP contribution in [0.3, 0.4) is 0 Å². The molecule has 0 saturated carbocycles. The summed E-state index contributed by atoms with van der Waals surface area (Å²) in [5.74, 6) is 1.07. The summed E-state index contributed by atoms with van der Waals surface area (Å²) in [5.41, 5.74) is 9.28. The Morgan fingerprint density at radius 1 is 1.19 bits per heavy atom. The molecule has 2 aromatic heterocycles. The minimum absolute atomic E-state index is 0.279. The maximum atomic E-state index is 9.81. The summed E-state index contributed by atoms with van der Waals surface area (Å²) in [6.45, 7) is 3.65. The third-order valence-corrected chi connectivity index (χ3v) is 3.26. The van der Waals surface area contributed by atoms with E-state index in [2.05, 4.69) is 15.1 Å². The number of aromatic nitrogens is 3. The van der Waals surface area contributed by atoms with E-state index in [9.17, 15) is 5.11 Å².